The molecule has 0 aromatic heterocycles. The van der Waals surface area contributed by atoms with E-state index in [0.29, 0.717) is 35.7 Å². The molecule has 0 spiro atoms. The molecule has 2 fully saturated rings. The van der Waals surface area contributed by atoms with Gasteiger partial charge in [0, 0.05) is 16.9 Å². The van der Waals surface area contributed by atoms with Gasteiger partial charge in [-0.2, -0.15) is 0 Å². The Kier molecular flexibility index (Phi) is 15.5. The van der Waals surface area contributed by atoms with E-state index in [1.54, 1.807) is 35.8 Å². The van der Waals surface area contributed by atoms with Crippen LogP contribution in [-0.2, 0) is 28.7 Å². The number of rotatable bonds is 19. The summed E-state index contributed by atoms with van der Waals surface area (Å²) in [4.78, 5) is 47.7. The molecular weight excluding hydrogens is 761 g/mol. The quantitative estimate of drug-likeness (QED) is 0.0557. The maximum Gasteiger partial charge on any atom is 0.320 e. The summed E-state index contributed by atoms with van der Waals surface area (Å²) in [6, 6.07) is 0. The van der Waals surface area contributed by atoms with Crippen LogP contribution in [0.25, 0.3) is 0 Å². The predicted molar refractivity (Wildman–Crippen MR) is 226 cm³/mol. The summed E-state index contributed by atoms with van der Waals surface area (Å²) in [6.07, 6.45) is 12.4. The smallest absolute Gasteiger partial charge is 0.320 e. The van der Waals surface area contributed by atoms with Crippen LogP contribution >= 0.6 is 43.2 Å². The summed E-state index contributed by atoms with van der Waals surface area (Å²) >= 11 is 0. The normalized spacial score (nSPS) is 32.1. The van der Waals surface area contributed by atoms with Gasteiger partial charge >= 0.3 is 23.9 Å². The van der Waals surface area contributed by atoms with Crippen LogP contribution in [0.1, 0.15) is 153 Å². The summed E-state index contributed by atoms with van der Waals surface area (Å²) in [6.45, 7) is 22.2. The van der Waals surface area contributed by atoms with Gasteiger partial charge < -0.3 is 19.7 Å². The maximum absolute atomic E-state index is 13.0. The van der Waals surface area contributed by atoms with Crippen LogP contribution < -0.4 is 0 Å². The number of allylic oxidation sites excluding steroid dienone is 2. The van der Waals surface area contributed by atoms with Crippen molar-refractivity contribution in [3.63, 3.8) is 0 Å². The number of hydrogen-bond donors (Lipinski definition) is 2. The zero-order valence-corrected chi connectivity index (χ0v) is 37.8. The van der Waals surface area contributed by atoms with E-state index in [1.807, 2.05) is 13.8 Å². The number of fused-ring (bicyclic) bond motifs is 4. The molecular formula is C42H68O8S4. The van der Waals surface area contributed by atoms with Crippen LogP contribution in [0.3, 0.4) is 0 Å². The molecule has 0 bridgehead atoms. The first-order valence-electron chi connectivity index (χ1n) is 20.3. The Bertz CT molecular complexity index is 1410. The summed E-state index contributed by atoms with van der Waals surface area (Å²) < 4.78 is 12.2. The van der Waals surface area contributed by atoms with Gasteiger partial charge in [-0.1, -0.05) is 102 Å². The number of carboxylic acids is 2. The van der Waals surface area contributed by atoms with Crippen molar-refractivity contribution < 1.29 is 38.9 Å². The Morgan fingerprint density at radius 2 is 1.48 bits per heavy atom. The molecule has 8 nitrogen and oxygen atoms in total. The molecule has 2 N–H and O–H groups in total. The highest BCUT2D eigenvalue weighted by Crippen LogP contribution is 2.72. The third-order valence-corrected chi connectivity index (χ3v) is 20.0. The summed E-state index contributed by atoms with van der Waals surface area (Å²) in [7, 11) is 5.51. The van der Waals surface area contributed by atoms with Crippen molar-refractivity contribution in [3.05, 3.63) is 11.1 Å². The van der Waals surface area contributed by atoms with Crippen molar-refractivity contribution in [3.8, 4) is 0 Å². The van der Waals surface area contributed by atoms with E-state index in [-0.39, 0.29) is 46.1 Å². The lowest BCUT2D eigenvalue weighted by Gasteiger charge is -2.62. The fourth-order valence-corrected chi connectivity index (χ4v) is 15.1. The van der Waals surface area contributed by atoms with Crippen LogP contribution in [0.15, 0.2) is 11.1 Å². The molecule has 4 aliphatic rings. The third kappa shape index (κ3) is 9.99. The summed E-state index contributed by atoms with van der Waals surface area (Å²) in [5, 5.41) is 17.0. The summed E-state index contributed by atoms with van der Waals surface area (Å²) in [5.74, 6) is 0.765. The first-order valence-corrected chi connectivity index (χ1v) is 25.0. The largest absolute Gasteiger partial charge is 0.481 e. The van der Waals surface area contributed by atoms with Crippen molar-refractivity contribution in [2.24, 2.45) is 39.4 Å². The molecule has 54 heavy (non-hydrogen) atoms. The van der Waals surface area contributed by atoms with E-state index < -0.39 is 28.0 Å². The lowest BCUT2D eigenvalue weighted by Crippen LogP contribution is -2.55. The van der Waals surface area contributed by atoms with E-state index in [2.05, 4.69) is 41.5 Å². The Morgan fingerprint density at radius 3 is 2.13 bits per heavy atom. The van der Waals surface area contributed by atoms with Gasteiger partial charge in [0.15, 0.2) is 0 Å². The van der Waals surface area contributed by atoms with Gasteiger partial charge in [-0.25, -0.2) is 0 Å². The van der Waals surface area contributed by atoms with Crippen LogP contribution in [0.2, 0.25) is 0 Å². The molecule has 9 atom stereocenters. The molecule has 0 aromatic carbocycles. The minimum absolute atomic E-state index is 0.0848. The zero-order chi connectivity index (χ0) is 40.3. The standard InChI is InChI=1S/C42H68O8S4/c1-26(12-11-20-38(4,5)50-37(48)28(3)54-53-27(2)36(46)47)29-15-22-42(10)31-13-14-32-39(6,7)33(49-35(45)19-25-52-51-24-18-34(43)44)17-21-40(32,8)30(31)16-23-41(29,42)9/h26-29,32-33H,11-25H2,1-10H3,(H,43,44)(H,46,47)/t26-,27?,28?,29-,32+,33?,40-,41-,42+/m1/s1. The molecule has 2 saturated carbocycles. The van der Waals surface area contributed by atoms with Gasteiger partial charge in [-0.05, 0) is 126 Å². The number of carboxylic acid groups (broad SMARTS) is 2. The van der Waals surface area contributed by atoms with Gasteiger partial charge in [-0.3, -0.25) is 19.2 Å². The second-order valence-corrected chi connectivity index (χ2v) is 24.3. The average molecular weight is 829 g/mol. The Balaban J connectivity index is 1.34. The molecule has 0 heterocycles. The Labute approximate surface area is 341 Å². The van der Waals surface area contributed by atoms with Crippen LogP contribution in [-0.4, -0.2) is 67.8 Å². The van der Waals surface area contributed by atoms with E-state index in [1.165, 1.54) is 51.6 Å². The minimum atomic E-state index is -0.884. The van der Waals surface area contributed by atoms with Crippen LogP contribution in [0, 0.1) is 39.4 Å². The first-order chi connectivity index (χ1) is 25.1. The van der Waals surface area contributed by atoms with Gasteiger partial charge in [0.25, 0.3) is 0 Å². The molecule has 0 amide bonds. The molecule has 308 valence electrons. The van der Waals surface area contributed by atoms with E-state index in [4.69, 9.17) is 19.7 Å². The highest BCUT2D eigenvalue weighted by atomic mass is 33.1. The maximum atomic E-state index is 13.0. The van der Waals surface area contributed by atoms with Crippen LogP contribution in [0.5, 0.6) is 0 Å². The van der Waals surface area contributed by atoms with E-state index in [9.17, 15) is 19.2 Å². The van der Waals surface area contributed by atoms with Gasteiger partial charge in [0.1, 0.15) is 22.2 Å². The van der Waals surface area contributed by atoms with Crippen molar-refractivity contribution in [2.75, 3.05) is 11.5 Å². The molecule has 0 aromatic rings. The lowest BCUT2D eigenvalue weighted by atomic mass is 9.43. The van der Waals surface area contributed by atoms with Crippen molar-refractivity contribution in [1.29, 1.82) is 0 Å². The predicted octanol–water partition coefficient (Wildman–Crippen LogP) is 11.3. The number of hydrogen-bond acceptors (Lipinski definition) is 10. The van der Waals surface area contributed by atoms with Crippen molar-refractivity contribution in [1.82, 2.24) is 0 Å². The second kappa shape index (κ2) is 18.3. The molecule has 4 aliphatic carbocycles. The van der Waals surface area contributed by atoms with E-state index >= 15 is 0 Å². The number of ether oxygens (including phenoxy) is 2. The fourth-order valence-electron chi connectivity index (χ4n) is 11.1. The first kappa shape index (κ1) is 45.7. The zero-order valence-electron chi connectivity index (χ0n) is 34.5. The summed E-state index contributed by atoms with van der Waals surface area (Å²) in [5.41, 5.74) is 3.36. The lowest BCUT2D eigenvalue weighted by molar-refractivity contribution is -0.169. The number of carbonyl (C=O) groups is 4. The number of carbonyl (C=O) groups excluding carboxylic acids is 2. The highest BCUT2D eigenvalue weighted by molar-refractivity contribution is 8.77. The molecule has 3 unspecified atom stereocenters. The fraction of sp³-hybridized carbons (Fsp3) is 0.857. The Morgan fingerprint density at radius 1 is 0.833 bits per heavy atom. The molecule has 4 rings (SSSR count). The topological polar surface area (TPSA) is 127 Å². The van der Waals surface area contributed by atoms with Crippen molar-refractivity contribution >= 4 is 67.1 Å². The molecule has 12 heteroatoms. The highest BCUT2D eigenvalue weighted by Gasteiger charge is 2.63. The molecule has 0 saturated heterocycles. The molecule has 0 radical (unpaired) electrons. The SMILES string of the molecule is CC(SSC(C)C(=O)OC(C)(C)CCC[C@@H](C)[C@H]1CC[C@@]2(C)C3=C(CC[C@]12C)[C@@]1(C)CCC(OC(=O)CCSSCCC(=O)O)C(C)(C)[C@@H]1CC3)C(=O)O. The van der Waals surface area contributed by atoms with Gasteiger partial charge in [0.05, 0.1) is 12.8 Å². The number of esters is 2. The minimum Gasteiger partial charge on any atom is -0.481 e. The van der Waals surface area contributed by atoms with Crippen LogP contribution in [0.4, 0.5) is 0 Å². The monoisotopic (exact) mass is 828 g/mol. The van der Waals surface area contributed by atoms with Gasteiger partial charge in [0.2, 0.25) is 0 Å². The van der Waals surface area contributed by atoms with Crippen molar-refractivity contribution in [2.45, 2.75) is 175 Å². The second-order valence-electron chi connectivity index (χ2n) is 18.6. The van der Waals surface area contributed by atoms with E-state index in [0.717, 1.165) is 51.4 Å². The average Bonchev–Trinajstić information content (AvgIpc) is 3.36. The Hall–Kier alpha value is -0.980. The third-order valence-electron chi connectivity index (χ3n) is 14.4. The van der Waals surface area contributed by atoms with Gasteiger partial charge in [-0.15, -0.1) is 0 Å². The molecule has 0 aliphatic heterocycles. The number of aliphatic carboxylic acids is 2.